The Labute approximate surface area is 217 Å². The lowest BCUT2D eigenvalue weighted by molar-refractivity contribution is -0.171. The summed E-state index contributed by atoms with van der Waals surface area (Å²) in [4.78, 5) is 24.3. The van der Waals surface area contributed by atoms with E-state index >= 15 is 0 Å². The highest BCUT2D eigenvalue weighted by atomic mass is 19.4. The van der Waals surface area contributed by atoms with Gasteiger partial charge in [0.15, 0.2) is 5.82 Å². The Morgan fingerprint density at radius 2 is 1.79 bits per heavy atom. The molecule has 0 spiro atoms. The van der Waals surface area contributed by atoms with E-state index in [4.69, 9.17) is 20.3 Å². The molecule has 2 atom stereocenters. The van der Waals surface area contributed by atoms with Crippen molar-refractivity contribution in [2.24, 2.45) is 0 Å². The third-order valence-electron chi connectivity index (χ3n) is 6.50. The van der Waals surface area contributed by atoms with Crippen LogP contribution in [0.5, 0.6) is 11.5 Å². The van der Waals surface area contributed by atoms with Gasteiger partial charge < -0.3 is 25.6 Å². The van der Waals surface area contributed by atoms with E-state index in [0.717, 1.165) is 6.07 Å². The van der Waals surface area contributed by atoms with Crippen molar-refractivity contribution in [2.45, 2.75) is 24.6 Å². The summed E-state index contributed by atoms with van der Waals surface area (Å²) in [5.74, 6) is -5.35. The number of carboxylic acids is 1. The second-order valence-corrected chi connectivity index (χ2v) is 9.03. The fraction of sp³-hybridized carbons (Fsp3) is 0.231. The van der Waals surface area contributed by atoms with Crippen molar-refractivity contribution in [2.75, 3.05) is 29.2 Å². The SMILES string of the molecule is Nc1c(F)cc(F)cc1Nc1cccc2c1OC[C@H]2N(C(=O)C(F)(F)F)c1ccc2c(c1)OC[C@H]2CC(=O)O. The van der Waals surface area contributed by atoms with Gasteiger partial charge in [0.25, 0.3) is 0 Å². The average molecular weight is 549 g/mol. The number of hydrogen-bond acceptors (Lipinski definition) is 6. The molecular weight excluding hydrogens is 529 g/mol. The number of hydrogen-bond donors (Lipinski definition) is 3. The van der Waals surface area contributed by atoms with Crippen molar-refractivity contribution in [1.82, 2.24) is 0 Å². The average Bonchev–Trinajstić information content (AvgIpc) is 3.46. The number of carbonyl (C=O) groups excluding carboxylic acids is 1. The number of nitrogens with one attached hydrogen (secondary N) is 1. The number of anilines is 4. The Balaban J connectivity index is 1.53. The van der Waals surface area contributed by atoms with E-state index in [9.17, 15) is 31.5 Å². The normalized spacial score (nSPS) is 17.6. The number of nitrogens with zero attached hydrogens (tertiary/aromatic N) is 1. The van der Waals surface area contributed by atoms with Gasteiger partial charge in [0.2, 0.25) is 0 Å². The zero-order chi connectivity index (χ0) is 28.1. The number of halogens is 5. The summed E-state index contributed by atoms with van der Waals surface area (Å²) in [7, 11) is 0. The minimum Gasteiger partial charge on any atom is -0.493 e. The van der Waals surface area contributed by atoms with Crippen LogP contribution in [0.15, 0.2) is 48.5 Å². The van der Waals surface area contributed by atoms with Crippen LogP contribution in [-0.4, -0.2) is 36.4 Å². The number of nitrogen functional groups attached to an aromatic ring is 1. The van der Waals surface area contributed by atoms with Crippen molar-refractivity contribution >= 4 is 34.6 Å². The first kappa shape index (κ1) is 26.1. The third kappa shape index (κ3) is 4.87. The van der Waals surface area contributed by atoms with E-state index in [2.05, 4.69) is 5.32 Å². The molecule has 39 heavy (non-hydrogen) atoms. The molecule has 0 unspecified atom stereocenters. The molecule has 3 aromatic rings. The molecule has 2 heterocycles. The fourth-order valence-corrected chi connectivity index (χ4v) is 4.75. The molecule has 204 valence electrons. The van der Waals surface area contributed by atoms with Gasteiger partial charge in [-0.1, -0.05) is 18.2 Å². The van der Waals surface area contributed by atoms with E-state index in [1.54, 1.807) is 0 Å². The highest BCUT2D eigenvalue weighted by Crippen LogP contribution is 2.47. The number of nitrogens with two attached hydrogens (primary N) is 1. The molecule has 2 aliphatic rings. The van der Waals surface area contributed by atoms with Gasteiger partial charge >= 0.3 is 18.1 Å². The third-order valence-corrected chi connectivity index (χ3v) is 6.50. The Morgan fingerprint density at radius 3 is 2.51 bits per heavy atom. The second kappa shape index (κ2) is 9.64. The van der Waals surface area contributed by atoms with Gasteiger partial charge in [-0.3, -0.25) is 14.5 Å². The molecule has 5 rings (SSSR count). The number of aliphatic carboxylic acids is 1. The molecule has 0 radical (unpaired) electrons. The van der Waals surface area contributed by atoms with Crippen LogP contribution >= 0.6 is 0 Å². The van der Waals surface area contributed by atoms with Crippen LogP contribution in [0.1, 0.15) is 29.5 Å². The Morgan fingerprint density at radius 1 is 1.03 bits per heavy atom. The lowest BCUT2D eigenvalue weighted by Gasteiger charge is -2.29. The van der Waals surface area contributed by atoms with Crippen LogP contribution in [-0.2, 0) is 9.59 Å². The van der Waals surface area contributed by atoms with Crippen LogP contribution in [0.2, 0.25) is 0 Å². The van der Waals surface area contributed by atoms with Gasteiger partial charge in [0.05, 0.1) is 36.1 Å². The molecule has 1 amide bonds. The first-order valence-corrected chi connectivity index (χ1v) is 11.6. The largest absolute Gasteiger partial charge is 0.493 e. The lowest BCUT2D eigenvalue weighted by atomic mass is 9.97. The van der Waals surface area contributed by atoms with Crippen LogP contribution in [0, 0.1) is 11.6 Å². The highest BCUT2D eigenvalue weighted by Gasteiger charge is 2.48. The van der Waals surface area contributed by atoms with E-state index in [1.807, 2.05) is 0 Å². The maximum Gasteiger partial charge on any atom is 0.471 e. The smallest absolute Gasteiger partial charge is 0.471 e. The Bertz CT molecular complexity index is 1480. The molecule has 4 N–H and O–H groups in total. The summed E-state index contributed by atoms with van der Waals surface area (Å²) in [6.45, 7) is -0.324. The summed E-state index contributed by atoms with van der Waals surface area (Å²) in [6, 6.07) is 8.75. The Hall–Kier alpha value is -4.55. The van der Waals surface area contributed by atoms with Gasteiger partial charge in [-0.05, 0) is 18.2 Å². The zero-order valence-corrected chi connectivity index (χ0v) is 19.9. The van der Waals surface area contributed by atoms with Crippen LogP contribution < -0.4 is 25.4 Å². The van der Waals surface area contributed by atoms with Crippen molar-refractivity contribution in [3.63, 3.8) is 0 Å². The summed E-state index contributed by atoms with van der Waals surface area (Å²) >= 11 is 0. The fourth-order valence-electron chi connectivity index (χ4n) is 4.75. The van der Waals surface area contributed by atoms with E-state index in [0.29, 0.717) is 16.5 Å². The van der Waals surface area contributed by atoms with Crippen molar-refractivity contribution in [3.05, 3.63) is 71.3 Å². The predicted molar refractivity (Wildman–Crippen MR) is 129 cm³/mol. The molecule has 8 nitrogen and oxygen atoms in total. The minimum atomic E-state index is -5.24. The van der Waals surface area contributed by atoms with Crippen LogP contribution in [0.3, 0.4) is 0 Å². The topological polar surface area (TPSA) is 114 Å². The number of amides is 1. The number of benzene rings is 3. The number of fused-ring (bicyclic) bond motifs is 2. The molecule has 0 saturated heterocycles. The molecule has 0 bridgehead atoms. The number of carboxylic acid groups (broad SMARTS) is 1. The van der Waals surface area contributed by atoms with E-state index < -0.39 is 41.6 Å². The number of rotatable bonds is 6. The van der Waals surface area contributed by atoms with Crippen molar-refractivity contribution < 1.29 is 46.1 Å². The number of para-hydroxylation sites is 1. The molecular formula is C26H20F5N3O5. The van der Waals surface area contributed by atoms with Gasteiger partial charge in [-0.25, -0.2) is 8.78 Å². The molecule has 13 heteroatoms. The number of alkyl halides is 3. The molecule has 2 aliphatic heterocycles. The van der Waals surface area contributed by atoms with Gasteiger partial charge in [-0.15, -0.1) is 0 Å². The second-order valence-electron chi connectivity index (χ2n) is 9.03. The molecule has 0 fully saturated rings. The first-order valence-electron chi connectivity index (χ1n) is 11.6. The van der Waals surface area contributed by atoms with Crippen LogP contribution in [0.25, 0.3) is 0 Å². The quantitative estimate of drug-likeness (QED) is 0.284. The first-order chi connectivity index (χ1) is 18.4. The maximum atomic E-state index is 13.9. The predicted octanol–water partition coefficient (Wildman–Crippen LogP) is 5.27. The monoisotopic (exact) mass is 549 g/mol. The van der Waals surface area contributed by atoms with E-state index in [-0.39, 0.29) is 59.4 Å². The van der Waals surface area contributed by atoms with Crippen LogP contribution in [0.4, 0.5) is 44.7 Å². The van der Waals surface area contributed by atoms with Gasteiger partial charge in [0.1, 0.15) is 23.9 Å². The summed E-state index contributed by atoms with van der Waals surface area (Å²) in [6.07, 6.45) is -5.46. The van der Waals surface area contributed by atoms with Crippen molar-refractivity contribution in [3.8, 4) is 11.5 Å². The molecule has 0 aromatic heterocycles. The van der Waals surface area contributed by atoms with Gasteiger partial charge in [-0.2, -0.15) is 13.2 Å². The summed E-state index contributed by atoms with van der Waals surface area (Å²) < 4.78 is 80.2. The molecule has 0 aliphatic carbocycles. The molecule has 0 saturated carbocycles. The van der Waals surface area contributed by atoms with E-state index in [1.165, 1.54) is 36.4 Å². The molecule has 3 aromatic carbocycles. The zero-order valence-electron chi connectivity index (χ0n) is 19.9. The number of ether oxygens (including phenoxy) is 2. The summed E-state index contributed by atoms with van der Waals surface area (Å²) in [5.41, 5.74) is 5.94. The minimum absolute atomic E-state index is 0.0342. The maximum absolute atomic E-state index is 13.9. The number of carbonyl (C=O) groups is 2. The standard InChI is InChI=1S/C26H20F5N3O5/c27-13-7-17(28)23(32)19(8-13)33-18-3-1-2-16-20(11-39-24(16)18)34(25(37)26(29,30)31)14-4-5-15-12(6-22(35)36)10-38-21(15)9-14/h1-5,7-9,12,20,33H,6,10-11,32H2,(H,35,36)/t12-,20-/m1/s1. The van der Waals surface area contributed by atoms with Crippen molar-refractivity contribution in [1.29, 1.82) is 0 Å². The Kier molecular flexibility index (Phi) is 6.44. The van der Waals surface area contributed by atoms with Gasteiger partial charge in [0, 0.05) is 34.9 Å². The summed E-state index contributed by atoms with van der Waals surface area (Å²) in [5, 5.41) is 11.8. The lowest BCUT2D eigenvalue weighted by Crippen LogP contribution is -2.44. The highest BCUT2D eigenvalue weighted by molar-refractivity contribution is 5.98.